The third-order valence-electron chi connectivity index (χ3n) is 3.63. The third kappa shape index (κ3) is 2.16. The number of fused-ring (bicyclic) bond motifs is 1. The molecule has 1 atom stereocenters. The average molecular weight is 252 g/mol. The number of hydrogen-bond donors (Lipinski definition) is 0. The summed E-state index contributed by atoms with van der Waals surface area (Å²) in [7, 11) is 0. The molecular weight excluding hydrogens is 236 g/mol. The lowest BCUT2D eigenvalue weighted by molar-refractivity contribution is 0.0953. The van der Waals surface area contributed by atoms with Gasteiger partial charge in [-0.3, -0.25) is 9.78 Å². The van der Waals surface area contributed by atoms with Gasteiger partial charge in [0.1, 0.15) is 5.69 Å². The fraction of sp³-hybridized carbons (Fsp3) is 0.312. The van der Waals surface area contributed by atoms with Gasteiger partial charge in [0.15, 0.2) is 5.78 Å². The number of hydrogen-bond acceptors (Lipinski definition) is 3. The molecule has 3 nitrogen and oxygen atoms in total. The first-order valence-corrected chi connectivity index (χ1v) is 6.58. The highest BCUT2D eigenvalue weighted by molar-refractivity contribution is 5.99. The smallest absolute Gasteiger partial charge is 0.190 e. The zero-order valence-electron chi connectivity index (χ0n) is 11.2. The molecule has 3 heteroatoms. The Hall–Kier alpha value is -2.03. The van der Waals surface area contributed by atoms with Crippen molar-refractivity contribution in [2.24, 2.45) is 0 Å². The number of pyridine rings is 2. The molecule has 0 radical (unpaired) electrons. The summed E-state index contributed by atoms with van der Waals surface area (Å²) in [5.74, 6) is -0.0193. The molecule has 0 bridgehead atoms. The van der Waals surface area contributed by atoms with E-state index < -0.39 is 0 Å². The van der Waals surface area contributed by atoms with Crippen LogP contribution in [0.2, 0.25) is 0 Å². The second-order valence-electron chi connectivity index (χ2n) is 5.17. The standard InChI is InChI=1S/C16H16N2O/c1-10-8-11(2)18-14(9-10)16(19)13-6-5-12-4-3-7-17-15(12)13/h3-4,7-9,13H,5-6H2,1-2H3. The van der Waals surface area contributed by atoms with Crippen LogP contribution >= 0.6 is 0 Å². The van der Waals surface area contributed by atoms with Crippen molar-refractivity contribution in [2.45, 2.75) is 32.6 Å². The monoisotopic (exact) mass is 252 g/mol. The van der Waals surface area contributed by atoms with Crippen molar-refractivity contribution in [2.75, 3.05) is 0 Å². The molecule has 19 heavy (non-hydrogen) atoms. The summed E-state index contributed by atoms with van der Waals surface area (Å²) in [5, 5.41) is 0. The minimum atomic E-state index is -0.120. The lowest BCUT2D eigenvalue weighted by Crippen LogP contribution is -2.13. The molecule has 96 valence electrons. The van der Waals surface area contributed by atoms with Crippen molar-refractivity contribution in [1.29, 1.82) is 0 Å². The molecule has 0 aromatic carbocycles. The van der Waals surface area contributed by atoms with Gasteiger partial charge in [0.25, 0.3) is 0 Å². The molecule has 2 heterocycles. The average Bonchev–Trinajstić information content (AvgIpc) is 2.80. The Labute approximate surface area is 112 Å². The van der Waals surface area contributed by atoms with E-state index in [9.17, 15) is 4.79 Å². The van der Waals surface area contributed by atoms with Crippen molar-refractivity contribution >= 4 is 5.78 Å². The molecule has 0 amide bonds. The summed E-state index contributed by atoms with van der Waals surface area (Å²) < 4.78 is 0. The molecule has 1 aliphatic rings. The Bertz CT molecular complexity index is 629. The fourth-order valence-electron chi connectivity index (χ4n) is 2.81. The van der Waals surface area contributed by atoms with Gasteiger partial charge in [0.2, 0.25) is 0 Å². The van der Waals surface area contributed by atoms with Gasteiger partial charge < -0.3 is 0 Å². The molecule has 2 aromatic heterocycles. The molecule has 0 fully saturated rings. The second kappa shape index (κ2) is 4.57. The Morgan fingerprint density at radius 1 is 1.32 bits per heavy atom. The van der Waals surface area contributed by atoms with Crippen molar-refractivity contribution in [1.82, 2.24) is 9.97 Å². The maximum atomic E-state index is 12.6. The van der Waals surface area contributed by atoms with Crippen LogP contribution in [0.1, 0.15) is 45.3 Å². The zero-order valence-corrected chi connectivity index (χ0v) is 11.2. The zero-order chi connectivity index (χ0) is 13.4. The molecule has 3 rings (SSSR count). The topological polar surface area (TPSA) is 42.9 Å². The normalized spacial score (nSPS) is 17.3. The predicted molar refractivity (Wildman–Crippen MR) is 73.3 cm³/mol. The highest BCUT2D eigenvalue weighted by atomic mass is 16.1. The molecule has 0 saturated heterocycles. The van der Waals surface area contributed by atoms with E-state index in [2.05, 4.69) is 16.0 Å². The quantitative estimate of drug-likeness (QED) is 0.772. The number of carbonyl (C=O) groups excluding carboxylic acids is 1. The van der Waals surface area contributed by atoms with E-state index in [1.165, 1.54) is 5.56 Å². The van der Waals surface area contributed by atoms with Gasteiger partial charge >= 0.3 is 0 Å². The van der Waals surface area contributed by atoms with Crippen LogP contribution in [0.15, 0.2) is 30.5 Å². The Morgan fingerprint density at radius 2 is 2.16 bits per heavy atom. The van der Waals surface area contributed by atoms with Gasteiger partial charge in [0, 0.05) is 11.9 Å². The number of Topliss-reactive ketones (excluding diaryl/α,β-unsaturated/α-hetero) is 1. The van der Waals surface area contributed by atoms with Crippen LogP contribution < -0.4 is 0 Å². The van der Waals surface area contributed by atoms with Gasteiger partial charge in [-0.25, -0.2) is 4.98 Å². The second-order valence-corrected chi connectivity index (χ2v) is 5.17. The number of ketones is 1. The highest BCUT2D eigenvalue weighted by Gasteiger charge is 2.31. The van der Waals surface area contributed by atoms with Crippen molar-refractivity contribution in [3.05, 3.63) is 58.7 Å². The number of rotatable bonds is 2. The van der Waals surface area contributed by atoms with Crippen LogP contribution in [0.25, 0.3) is 0 Å². The van der Waals surface area contributed by atoms with E-state index in [0.717, 1.165) is 29.8 Å². The number of carbonyl (C=O) groups is 1. The molecule has 0 aliphatic heterocycles. The van der Waals surface area contributed by atoms with E-state index in [4.69, 9.17) is 0 Å². The number of aromatic nitrogens is 2. The summed E-state index contributed by atoms with van der Waals surface area (Å²) in [5.41, 5.74) is 4.68. The van der Waals surface area contributed by atoms with Crippen LogP contribution in [0.3, 0.4) is 0 Å². The van der Waals surface area contributed by atoms with Crippen LogP contribution in [0.5, 0.6) is 0 Å². The van der Waals surface area contributed by atoms with Crippen LogP contribution in [-0.4, -0.2) is 15.8 Å². The molecule has 1 unspecified atom stereocenters. The summed E-state index contributed by atoms with van der Waals surface area (Å²) in [6, 6.07) is 7.85. The number of aryl methyl sites for hydroxylation is 3. The van der Waals surface area contributed by atoms with Gasteiger partial charge in [0.05, 0.1) is 11.6 Å². The maximum absolute atomic E-state index is 12.6. The first-order valence-electron chi connectivity index (χ1n) is 6.58. The van der Waals surface area contributed by atoms with Gasteiger partial charge in [-0.15, -0.1) is 0 Å². The molecule has 1 aliphatic carbocycles. The molecule has 0 spiro atoms. The predicted octanol–water partition coefficient (Wildman–Crippen LogP) is 3.01. The van der Waals surface area contributed by atoms with E-state index in [1.807, 2.05) is 32.0 Å². The largest absolute Gasteiger partial charge is 0.292 e. The Kier molecular flexibility index (Phi) is 2.90. The highest BCUT2D eigenvalue weighted by Crippen LogP contribution is 2.33. The van der Waals surface area contributed by atoms with E-state index in [0.29, 0.717) is 5.69 Å². The molecule has 0 N–H and O–H groups in total. The van der Waals surface area contributed by atoms with Gasteiger partial charge in [-0.05, 0) is 56.0 Å². The SMILES string of the molecule is Cc1cc(C)nc(C(=O)C2CCc3cccnc32)c1. The summed E-state index contributed by atoms with van der Waals surface area (Å²) in [6.07, 6.45) is 3.55. The summed E-state index contributed by atoms with van der Waals surface area (Å²) in [6.45, 7) is 3.91. The summed E-state index contributed by atoms with van der Waals surface area (Å²) in [4.78, 5) is 21.4. The number of nitrogens with zero attached hydrogens (tertiary/aromatic N) is 2. The Balaban J connectivity index is 1.98. The van der Waals surface area contributed by atoms with Gasteiger partial charge in [-0.2, -0.15) is 0 Å². The molecule has 0 saturated carbocycles. The van der Waals surface area contributed by atoms with Crippen molar-refractivity contribution in [3.63, 3.8) is 0 Å². The molecule has 2 aromatic rings. The minimum Gasteiger partial charge on any atom is -0.292 e. The maximum Gasteiger partial charge on any atom is 0.190 e. The fourth-order valence-corrected chi connectivity index (χ4v) is 2.81. The third-order valence-corrected chi connectivity index (χ3v) is 3.63. The van der Waals surface area contributed by atoms with E-state index >= 15 is 0 Å². The van der Waals surface area contributed by atoms with Crippen LogP contribution in [0.4, 0.5) is 0 Å². The van der Waals surface area contributed by atoms with Crippen molar-refractivity contribution in [3.8, 4) is 0 Å². The minimum absolute atomic E-state index is 0.101. The van der Waals surface area contributed by atoms with Gasteiger partial charge in [-0.1, -0.05) is 6.07 Å². The summed E-state index contributed by atoms with van der Waals surface area (Å²) >= 11 is 0. The Morgan fingerprint density at radius 3 is 2.95 bits per heavy atom. The first kappa shape index (κ1) is 12.0. The van der Waals surface area contributed by atoms with E-state index in [1.54, 1.807) is 6.20 Å². The lowest BCUT2D eigenvalue weighted by Gasteiger charge is -2.10. The van der Waals surface area contributed by atoms with E-state index in [-0.39, 0.29) is 11.7 Å². The van der Waals surface area contributed by atoms with Crippen LogP contribution in [-0.2, 0) is 6.42 Å². The lowest BCUT2D eigenvalue weighted by atomic mass is 9.97. The first-order chi connectivity index (χ1) is 9.15. The van der Waals surface area contributed by atoms with Crippen molar-refractivity contribution < 1.29 is 4.79 Å². The molecular formula is C16H16N2O. The van der Waals surface area contributed by atoms with Crippen LogP contribution in [0, 0.1) is 13.8 Å².